The molecule has 0 spiro atoms. The molecule has 15 heavy (non-hydrogen) atoms. The zero-order valence-corrected chi connectivity index (χ0v) is 9.64. The van der Waals surface area contributed by atoms with E-state index in [1.54, 1.807) is 11.3 Å². The van der Waals surface area contributed by atoms with Gasteiger partial charge in [0.2, 0.25) is 0 Å². The van der Waals surface area contributed by atoms with E-state index in [-0.39, 0.29) is 0 Å². The van der Waals surface area contributed by atoms with E-state index in [0.717, 1.165) is 36.4 Å². The monoisotopic (exact) mass is 225 g/mol. The molecule has 0 aliphatic heterocycles. The maximum Gasteiger partial charge on any atom is 0.310 e. The summed E-state index contributed by atoms with van der Waals surface area (Å²) in [5.41, 5.74) is 0.470. The number of carbonyl (C=O) groups is 1. The summed E-state index contributed by atoms with van der Waals surface area (Å²) in [6, 6.07) is 0. The fourth-order valence-electron chi connectivity index (χ4n) is 2.29. The molecule has 0 radical (unpaired) electrons. The molecule has 0 bridgehead atoms. The van der Waals surface area contributed by atoms with Crippen LogP contribution >= 0.6 is 11.3 Å². The van der Waals surface area contributed by atoms with Gasteiger partial charge < -0.3 is 5.11 Å². The average Bonchev–Trinajstić information content (AvgIpc) is 2.77. The highest BCUT2D eigenvalue weighted by Crippen LogP contribution is 2.41. The Labute approximate surface area is 93.2 Å². The van der Waals surface area contributed by atoms with Gasteiger partial charge in [-0.3, -0.25) is 4.79 Å². The number of aliphatic carboxylic acids is 1. The predicted molar refractivity (Wildman–Crippen MR) is 59.1 cm³/mol. The van der Waals surface area contributed by atoms with E-state index in [1.165, 1.54) is 0 Å². The van der Waals surface area contributed by atoms with Crippen LogP contribution in [0.15, 0.2) is 5.38 Å². The molecular formula is C11H15NO2S. The van der Waals surface area contributed by atoms with Gasteiger partial charge in [0.25, 0.3) is 0 Å². The minimum atomic E-state index is -0.646. The Bertz CT molecular complexity index is 366. The van der Waals surface area contributed by atoms with Gasteiger partial charge >= 0.3 is 5.97 Å². The molecule has 2 rings (SSSR count). The fourth-order valence-corrected chi connectivity index (χ4v) is 3.21. The minimum Gasteiger partial charge on any atom is -0.481 e. The van der Waals surface area contributed by atoms with Crippen LogP contribution in [0.25, 0.3) is 0 Å². The van der Waals surface area contributed by atoms with Crippen molar-refractivity contribution in [3.05, 3.63) is 16.1 Å². The van der Waals surface area contributed by atoms with E-state index < -0.39 is 11.4 Å². The van der Waals surface area contributed by atoms with Crippen molar-refractivity contribution in [3.8, 4) is 0 Å². The van der Waals surface area contributed by atoms with E-state index in [1.807, 2.05) is 12.3 Å². The van der Waals surface area contributed by atoms with Crippen LogP contribution in [0.2, 0.25) is 0 Å². The molecule has 0 saturated heterocycles. The Morgan fingerprint density at radius 2 is 2.27 bits per heavy atom. The molecule has 1 saturated carbocycles. The Hall–Kier alpha value is -0.900. The molecule has 1 aliphatic carbocycles. The largest absolute Gasteiger partial charge is 0.481 e. The van der Waals surface area contributed by atoms with E-state index in [4.69, 9.17) is 0 Å². The van der Waals surface area contributed by atoms with E-state index >= 15 is 0 Å². The summed E-state index contributed by atoms with van der Waals surface area (Å²) < 4.78 is 0. The van der Waals surface area contributed by atoms with Gasteiger partial charge in [-0.25, -0.2) is 4.98 Å². The first-order valence-electron chi connectivity index (χ1n) is 5.27. The van der Waals surface area contributed by atoms with E-state index in [0.29, 0.717) is 6.42 Å². The summed E-state index contributed by atoms with van der Waals surface area (Å²) in [4.78, 5) is 15.7. The third kappa shape index (κ3) is 2.04. The van der Waals surface area contributed by atoms with Gasteiger partial charge in [-0.15, -0.1) is 11.3 Å². The zero-order chi connectivity index (χ0) is 10.9. The van der Waals surface area contributed by atoms with Crippen molar-refractivity contribution in [1.82, 2.24) is 4.98 Å². The average molecular weight is 225 g/mol. The number of thiazole rings is 1. The third-order valence-electron chi connectivity index (χ3n) is 3.17. The molecule has 3 nitrogen and oxygen atoms in total. The predicted octanol–water partition coefficient (Wildman–Crippen LogP) is 2.64. The first-order valence-corrected chi connectivity index (χ1v) is 6.15. The maximum absolute atomic E-state index is 11.3. The molecule has 1 aromatic heterocycles. The van der Waals surface area contributed by atoms with Crippen molar-refractivity contribution in [2.45, 2.75) is 39.0 Å². The summed E-state index contributed by atoms with van der Waals surface area (Å²) in [7, 11) is 0. The summed E-state index contributed by atoms with van der Waals surface area (Å²) in [6.07, 6.45) is 4.30. The van der Waals surface area contributed by atoms with Gasteiger partial charge in [0.15, 0.2) is 0 Å². The number of hydrogen-bond acceptors (Lipinski definition) is 3. The topological polar surface area (TPSA) is 50.2 Å². The quantitative estimate of drug-likeness (QED) is 0.860. The number of carboxylic acid groups (broad SMARTS) is 1. The number of nitrogens with zero attached hydrogens (tertiary/aromatic N) is 1. The van der Waals surface area contributed by atoms with Gasteiger partial charge in [-0.2, -0.15) is 0 Å². The van der Waals surface area contributed by atoms with Crippen LogP contribution in [0.3, 0.4) is 0 Å². The van der Waals surface area contributed by atoms with Crippen LogP contribution < -0.4 is 0 Å². The molecule has 1 aliphatic rings. The van der Waals surface area contributed by atoms with Crippen molar-refractivity contribution >= 4 is 17.3 Å². The lowest BCUT2D eigenvalue weighted by Crippen LogP contribution is -2.30. The molecule has 1 N–H and O–H groups in total. The van der Waals surface area contributed by atoms with Crippen LogP contribution in [0.5, 0.6) is 0 Å². The van der Waals surface area contributed by atoms with Crippen LogP contribution in [-0.4, -0.2) is 16.1 Å². The Morgan fingerprint density at radius 3 is 2.73 bits per heavy atom. The minimum absolute atomic E-state index is 0.524. The Balaban J connectivity index is 2.17. The van der Waals surface area contributed by atoms with Crippen molar-refractivity contribution in [3.63, 3.8) is 0 Å². The van der Waals surface area contributed by atoms with Gasteiger partial charge in [-0.05, 0) is 19.8 Å². The molecule has 1 aromatic rings. The van der Waals surface area contributed by atoms with Crippen molar-refractivity contribution in [2.75, 3.05) is 0 Å². The van der Waals surface area contributed by atoms with Crippen molar-refractivity contribution < 1.29 is 9.90 Å². The van der Waals surface area contributed by atoms with Crippen LogP contribution in [0, 0.1) is 12.3 Å². The third-order valence-corrected chi connectivity index (χ3v) is 4.14. The molecule has 0 unspecified atom stereocenters. The smallest absolute Gasteiger partial charge is 0.310 e. The molecule has 0 amide bonds. The van der Waals surface area contributed by atoms with Gasteiger partial charge in [0, 0.05) is 17.5 Å². The zero-order valence-electron chi connectivity index (χ0n) is 8.82. The lowest BCUT2D eigenvalue weighted by atomic mass is 9.83. The molecule has 0 atom stereocenters. The van der Waals surface area contributed by atoms with Gasteiger partial charge in [0.1, 0.15) is 0 Å². The van der Waals surface area contributed by atoms with E-state index in [9.17, 15) is 9.90 Å². The summed E-state index contributed by atoms with van der Waals surface area (Å²) >= 11 is 1.58. The van der Waals surface area contributed by atoms with Crippen molar-refractivity contribution in [2.24, 2.45) is 5.41 Å². The highest BCUT2D eigenvalue weighted by Gasteiger charge is 2.41. The standard InChI is InChI=1S/C11H15NO2S/c1-8-7-15-9(12-8)6-11(10(13)14)4-2-3-5-11/h7H,2-6H2,1H3,(H,13,14). The first-order chi connectivity index (χ1) is 7.12. The SMILES string of the molecule is Cc1csc(CC2(C(=O)O)CCCC2)n1. The summed E-state index contributed by atoms with van der Waals surface area (Å²) in [5.74, 6) is -0.646. The second-order valence-electron chi connectivity index (χ2n) is 4.35. The molecule has 1 fully saturated rings. The number of hydrogen-bond donors (Lipinski definition) is 1. The molecule has 82 valence electrons. The fraction of sp³-hybridized carbons (Fsp3) is 0.636. The Morgan fingerprint density at radius 1 is 1.60 bits per heavy atom. The number of rotatable bonds is 3. The van der Waals surface area contributed by atoms with Crippen molar-refractivity contribution in [1.29, 1.82) is 0 Å². The molecule has 0 aromatic carbocycles. The first kappa shape index (κ1) is 10.6. The summed E-state index contributed by atoms with van der Waals surface area (Å²) in [6.45, 7) is 1.95. The number of aromatic nitrogens is 1. The second kappa shape index (κ2) is 3.93. The molecule has 1 heterocycles. The van der Waals surface area contributed by atoms with E-state index in [2.05, 4.69) is 4.98 Å². The van der Waals surface area contributed by atoms with Crippen LogP contribution in [-0.2, 0) is 11.2 Å². The molecular weight excluding hydrogens is 210 g/mol. The van der Waals surface area contributed by atoms with Crippen LogP contribution in [0.4, 0.5) is 0 Å². The van der Waals surface area contributed by atoms with Gasteiger partial charge in [0.05, 0.1) is 10.4 Å². The Kier molecular flexibility index (Phi) is 2.78. The molecule has 4 heteroatoms. The highest BCUT2D eigenvalue weighted by atomic mass is 32.1. The lowest BCUT2D eigenvalue weighted by molar-refractivity contribution is -0.148. The van der Waals surface area contributed by atoms with Crippen LogP contribution in [0.1, 0.15) is 36.4 Å². The normalized spacial score (nSPS) is 19.3. The summed E-state index contributed by atoms with van der Waals surface area (Å²) in [5, 5.41) is 12.3. The number of aryl methyl sites for hydroxylation is 1. The second-order valence-corrected chi connectivity index (χ2v) is 5.29. The maximum atomic E-state index is 11.3. The lowest BCUT2D eigenvalue weighted by Gasteiger charge is -2.22. The highest BCUT2D eigenvalue weighted by molar-refractivity contribution is 7.09. The number of carboxylic acids is 1. The van der Waals surface area contributed by atoms with Gasteiger partial charge in [-0.1, -0.05) is 12.8 Å².